The Balaban J connectivity index is 2.06. The quantitative estimate of drug-likeness (QED) is 0.748. The Hall–Kier alpha value is -1.51. The number of rotatable bonds is 3. The predicted molar refractivity (Wildman–Crippen MR) is 51.9 cm³/mol. The van der Waals surface area contributed by atoms with Crippen molar-refractivity contribution >= 4 is 12.0 Å². The van der Waals surface area contributed by atoms with E-state index in [1.807, 2.05) is 6.07 Å². The summed E-state index contributed by atoms with van der Waals surface area (Å²) < 4.78 is 5.48. The number of carboxylic acids is 1. The van der Waals surface area contributed by atoms with Crippen LogP contribution in [0.25, 0.3) is 6.08 Å². The topological polar surface area (TPSA) is 50.4 Å². The van der Waals surface area contributed by atoms with E-state index in [0.29, 0.717) is 17.6 Å². The minimum atomic E-state index is -0.956. The molecule has 0 aliphatic heterocycles. The van der Waals surface area contributed by atoms with E-state index in [4.69, 9.17) is 9.52 Å². The Bertz CT molecular complexity index is 376. The number of hydrogen-bond acceptors (Lipinski definition) is 2. The van der Waals surface area contributed by atoms with Gasteiger partial charge in [-0.1, -0.05) is 6.92 Å². The zero-order valence-electron chi connectivity index (χ0n) is 7.93. The molecule has 1 aromatic rings. The summed E-state index contributed by atoms with van der Waals surface area (Å²) in [5, 5.41) is 8.42. The third-order valence-corrected chi connectivity index (χ3v) is 2.51. The molecule has 1 N–H and O–H groups in total. The normalized spacial score (nSPS) is 25.5. The molecule has 0 bridgehead atoms. The van der Waals surface area contributed by atoms with Crippen LogP contribution < -0.4 is 0 Å². The molecule has 2 rings (SSSR count). The lowest BCUT2D eigenvalue weighted by Crippen LogP contribution is -1.84. The zero-order chi connectivity index (χ0) is 10.1. The molecule has 0 aromatic carbocycles. The first-order chi connectivity index (χ1) is 6.66. The first kappa shape index (κ1) is 9.06. The predicted octanol–water partition coefficient (Wildman–Crippen LogP) is 2.50. The van der Waals surface area contributed by atoms with Crippen molar-refractivity contribution < 1.29 is 14.3 Å². The third-order valence-electron chi connectivity index (χ3n) is 2.51. The second kappa shape index (κ2) is 3.33. The Morgan fingerprint density at radius 1 is 1.64 bits per heavy atom. The van der Waals surface area contributed by atoms with Gasteiger partial charge in [0.05, 0.1) is 0 Å². The number of carbonyl (C=O) groups is 1. The Morgan fingerprint density at radius 3 is 2.93 bits per heavy atom. The van der Waals surface area contributed by atoms with E-state index in [1.54, 1.807) is 6.07 Å². The van der Waals surface area contributed by atoms with E-state index in [2.05, 4.69) is 6.92 Å². The minimum Gasteiger partial charge on any atom is -0.478 e. The summed E-state index contributed by atoms with van der Waals surface area (Å²) in [4.78, 5) is 10.2. The highest BCUT2D eigenvalue weighted by molar-refractivity contribution is 5.84. The molecule has 2 unspecified atom stereocenters. The molecule has 0 saturated heterocycles. The first-order valence-corrected chi connectivity index (χ1v) is 4.67. The van der Waals surface area contributed by atoms with Crippen LogP contribution in [-0.4, -0.2) is 11.1 Å². The van der Waals surface area contributed by atoms with Crippen molar-refractivity contribution in [1.82, 2.24) is 0 Å². The maximum atomic E-state index is 10.2. The van der Waals surface area contributed by atoms with Crippen LogP contribution in [0.5, 0.6) is 0 Å². The van der Waals surface area contributed by atoms with Gasteiger partial charge in [0.1, 0.15) is 11.5 Å². The molecule has 74 valence electrons. The van der Waals surface area contributed by atoms with E-state index < -0.39 is 5.97 Å². The van der Waals surface area contributed by atoms with Gasteiger partial charge in [0.15, 0.2) is 0 Å². The fourth-order valence-electron chi connectivity index (χ4n) is 1.53. The molecular weight excluding hydrogens is 180 g/mol. The average molecular weight is 192 g/mol. The second-order valence-corrected chi connectivity index (χ2v) is 3.73. The molecule has 1 aliphatic rings. The van der Waals surface area contributed by atoms with Gasteiger partial charge in [-0.3, -0.25) is 0 Å². The Morgan fingerprint density at radius 2 is 2.36 bits per heavy atom. The maximum Gasteiger partial charge on any atom is 0.328 e. The highest BCUT2D eigenvalue weighted by Gasteiger charge is 2.36. The van der Waals surface area contributed by atoms with Crippen molar-refractivity contribution in [3.05, 3.63) is 29.7 Å². The molecule has 0 radical (unpaired) electrons. The molecule has 1 saturated carbocycles. The highest BCUT2D eigenvalue weighted by atomic mass is 16.4. The third kappa shape index (κ3) is 1.87. The summed E-state index contributed by atoms with van der Waals surface area (Å²) in [5.74, 6) is 1.88. The minimum absolute atomic E-state index is 0.543. The number of aliphatic carboxylic acids is 1. The van der Waals surface area contributed by atoms with Crippen molar-refractivity contribution in [2.45, 2.75) is 19.3 Å². The standard InChI is InChI=1S/C11H12O3/c1-7-6-9(7)10-4-2-8(14-10)3-5-11(12)13/h2-5,7,9H,6H2,1H3,(H,12,13)/b5-3+. The molecule has 1 aliphatic carbocycles. The van der Waals surface area contributed by atoms with Crippen LogP contribution in [0.1, 0.15) is 30.8 Å². The van der Waals surface area contributed by atoms with Crippen LogP contribution in [0.4, 0.5) is 0 Å². The summed E-state index contributed by atoms with van der Waals surface area (Å²) >= 11 is 0. The van der Waals surface area contributed by atoms with Gasteiger partial charge < -0.3 is 9.52 Å². The summed E-state index contributed by atoms with van der Waals surface area (Å²) in [6.07, 6.45) is 3.73. The Labute approximate surface area is 82.0 Å². The van der Waals surface area contributed by atoms with Gasteiger partial charge in [-0.05, 0) is 30.5 Å². The molecule has 1 aromatic heterocycles. The molecular formula is C11H12O3. The van der Waals surface area contributed by atoms with Crippen LogP contribution in [0, 0.1) is 5.92 Å². The van der Waals surface area contributed by atoms with Crippen LogP contribution in [0.15, 0.2) is 22.6 Å². The smallest absolute Gasteiger partial charge is 0.328 e. The van der Waals surface area contributed by atoms with E-state index >= 15 is 0 Å². The lowest BCUT2D eigenvalue weighted by atomic mass is 10.3. The summed E-state index contributed by atoms with van der Waals surface area (Å²) in [6, 6.07) is 3.73. The van der Waals surface area contributed by atoms with E-state index in [1.165, 1.54) is 12.5 Å². The molecule has 0 spiro atoms. The summed E-state index contributed by atoms with van der Waals surface area (Å²) in [6.45, 7) is 2.18. The highest BCUT2D eigenvalue weighted by Crippen LogP contribution is 2.47. The Kier molecular flexibility index (Phi) is 2.15. The van der Waals surface area contributed by atoms with Crippen LogP contribution in [0.3, 0.4) is 0 Å². The molecule has 2 atom stereocenters. The van der Waals surface area contributed by atoms with Crippen molar-refractivity contribution in [3.63, 3.8) is 0 Å². The largest absolute Gasteiger partial charge is 0.478 e. The average Bonchev–Trinajstić information content (AvgIpc) is 2.68. The summed E-state index contributed by atoms with van der Waals surface area (Å²) in [7, 11) is 0. The monoisotopic (exact) mass is 192 g/mol. The van der Waals surface area contributed by atoms with Gasteiger partial charge >= 0.3 is 5.97 Å². The van der Waals surface area contributed by atoms with Crippen molar-refractivity contribution in [1.29, 1.82) is 0 Å². The lowest BCUT2D eigenvalue weighted by Gasteiger charge is -1.89. The fourth-order valence-corrected chi connectivity index (χ4v) is 1.53. The molecule has 14 heavy (non-hydrogen) atoms. The SMILES string of the molecule is CC1CC1c1ccc(/C=C/C(=O)O)o1. The second-order valence-electron chi connectivity index (χ2n) is 3.73. The van der Waals surface area contributed by atoms with Gasteiger partial charge in [-0.25, -0.2) is 4.79 Å². The molecule has 1 heterocycles. The molecule has 0 amide bonds. The molecule has 3 heteroatoms. The fraction of sp³-hybridized carbons (Fsp3) is 0.364. The van der Waals surface area contributed by atoms with Gasteiger partial charge in [-0.2, -0.15) is 0 Å². The van der Waals surface area contributed by atoms with E-state index in [-0.39, 0.29) is 0 Å². The van der Waals surface area contributed by atoms with Crippen LogP contribution in [-0.2, 0) is 4.79 Å². The zero-order valence-corrected chi connectivity index (χ0v) is 7.93. The van der Waals surface area contributed by atoms with Crippen LogP contribution >= 0.6 is 0 Å². The summed E-state index contributed by atoms with van der Waals surface area (Å²) in [5.41, 5.74) is 0. The van der Waals surface area contributed by atoms with Gasteiger partial charge in [-0.15, -0.1) is 0 Å². The molecule has 1 fully saturated rings. The van der Waals surface area contributed by atoms with Crippen molar-refractivity contribution in [3.8, 4) is 0 Å². The first-order valence-electron chi connectivity index (χ1n) is 4.67. The van der Waals surface area contributed by atoms with Crippen molar-refractivity contribution in [2.75, 3.05) is 0 Å². The maximum absolute atomic E-state index is 10.2. The number of furan rings is 1. The van der Waals surface area contributed by atoms with Crippen LogP contribution in [0.2, 0.25) is 0 Å². The lowest BCUT2D eigenvalue weighted by molar-refractivity contribution is -0.131. The van der Waals surface area contributed by atoms with Gasteiger partial charge in [0, 0.05) is 12.0 Å². The van der Waals surface area contributed by atoms with Gasteiger partial charge in [0.2, 0.25) is 0 Å². The molecule has 3 nitrogen and oxygen atoms in total. The van der Waals surface area contributed by atoms with Gasteiger partial charge in [0.25, 0.3) is 0 Å². The number of carboxylic acid groups (broad SMARTS) is 1. The van der Waals surface area contributed by atoms with E-state index in [9.17, 15) is 4.79 Å². The van der Waals surface area contributed by atoms with Crippen molar-refractivity contribution in [2.24, 2.45) is 5.92 Å². The number of hydrogen-bond donors (Lipinski definition) is 1. The van der Waals surface area contributed by atoms with E-state index in [0.717, 1.165) is 11.8 Å².